The molecule has 0 fully saturated rings. The first-order valence-corrected chi connectivity index (χ1v) is 5.84. The van der Waals surface area contributed by atoms with E-state index in [0.717, 1.165) is 16.8 Å². The molecule has 3 nitrogen and oxygen atoms in total. The van der Waals surface area contributed by atoms with Gasteiger partial charge in [0.15, 0.2) is 0 Å². The molecule has 4 heteroatoms. The van der Waals surface area contributed by atoms with Gasteiger partial charge in [0.1, 0.15) is 0 Å². The molecule has 92 valence electrons. The molecule has 0 atom stereocenters. The minimum atomic E-state index is -0.963. The number of benzene rings is 1. The Morgan fingerprint density at radius 1 is 1.17 bits per heavy atom. The average molecular weight is 262 g/mol. The van der Waals surface area contributed by atoms with Crippen LogP contribution in [0.4, 0.5) is 0 Å². The van der Waals surface area contributed by atoms with Gasteiger partial charge in [-0.3, -0.25) is 4.98 Å². The second-order valence-electron chi connectivity index (χ2n) is 4.07. The van der Waals surface area contributed by atoms with Crippen LogP contribution in [0.2, 0.25) is 5.02 Å². The summed E-state index contributed by atoms with van der Waals surface area (Å²) in [7, 11) is 0. The number of aromatic carboxylic acids is 1. The normalized spacial score (nSPS) is 10.4. The number of carbonyl (C=O) groups is 1. The van der Waals surface area contributed by atoms with Gasteiger partial charge < -0.3 is 5.11 Å². The monoisotopic (exact) mass is 261 g/mol. The van der Waals surface area contributed by atoms with Crippen LogP contribution in [0.25, 0.3) is 11.1 Å². The number of rotatable bonds is 2. The summed E-state index contributed by atoms with van der Waals surface area (Å²) in [4.78, 5) is 15.4. The summed E-state index contributed by atoms with van der Waals surface area (Å²) in [5.41, 5.74) is 3.28. The van der Waals surface area contributed by atoms with Crippen LogP contribution in [0.3, 0.4) is 0 Å². The van der Waals surface area contributed by atoms with Crippen molar-refractivity contribution in [3.63, 3.8) is 0 Å². The van der Waals surface area contributed by atoms with E-state index < -0.39 is 5.97 Å². The minimum Gasteiger partial charge on any atom is -0.478 e. The standard InChI is InChI=1S/C14H12ClNO2/c1-8-12(10-3-5-11(15)6-4-10)7-13(14(17)18)9(2)16-8/h3-7H,1-2H3,(H,17,18). The van der Waals surface area contributed by atoms with Crippen molar-refractivity contribution in [2.24, 2.45) is 0 Å². The average Bonchev–Trinajstić information content (AvgIpc) is 2.30. The summed E-state index contributed by atoms with van der Waals surface area (Å²) in [5, 5.41) is 9.76. The van der Waals surface area contributed by atoms with Crippen LogP contribution in [-0.2, 0) is 0 Å². The molecule has 0 unspecified atom stereocenters. The molecule has 1 aromatic carbocycles. The lowest BCUT2D eigenvalue weighted by Crippen LogP contribution is -2.04. The minimum absolute atomic E-state index is 0.227. The lowest BCUT2D eigenvalue weighted by atomic mass is 10.0. The van der Waals surface area contributed by atoms with E-state index in [-0.39, 0.29) is 5.56 Å². The highest BCUT2D eigenvalue weighted by Gasteiger charge is 2.12. The maximum atomic E-state index is 11.1. The molecule has 1 heterocycles. The summed E-state index contributed by atoms with van der Waals surface area (Å²) in [5.74, 6) is -0.963. The van der Waals surface area contributed by atoms with E-state index in [9.17, 15) is 4.79 Å². The fourth-order valence-corrected chi connectivity index (χ4v) is 1.99. The van der Waals surface area contributed by atoms with Crippen molar-refractivity contribution >= 4 is 17.6 Å². The highest BCUT2D eigenvalue weighted by molar-refractivity contribution is 6.30. The van der Waals surface area contributed by atoms with Gasteiger partial charge in [-0.05, 0) is 37.6 Å². The molecule has 0 aliphatic carbocycles. The summed E-state index contributed by atoms with van der Waals surface area (Å²) < 4.78 is 0. The van der Waals surface area contributed by atoms with Gasteiger partial charge >= 0.3 is 5.97 Å². The molecule has 0 saturated carbocycles. The first kappa shape index (κ1) is 12.6. The number of aromatic nitrogens is 1. The van der Waals surface area contributed by atoms with Gasteiger partial charge in [-0.25, -0.2) is 4.79 Å². The Hall–Kier alpha value is -1.87. The molecule has 0 spiro atoms. The largest absolute Gasteiger partial charge is 0.478 e. The van der Waals surface area contributed by atoms with Crippen LogP contribution >= 0.6 is 11.6 Å². The Bertz CT molecular complexity index is 606. The second kappa shape index (κ2) is 4.78. The van der Waals surface area contributed by atoms with Gasteiger partial charge in [0.2, 0.25) is 0 Å². The number of aryl methyl sites for hydroxylation is 2. The predicted octanol–water partition coefficient (Wildman–Crippen LogP) is 3.72. The number of hydrogen-bond acceptors (Lipinski definition) is 2. The summed E-state index contributed by atoms with van der Waals surface area (Å²) in [6.45, 7) is 3.56. The highest BCUT2D eigenvalue weighted by Crippen LogP contribution is 2.26. The molecule has 0 aliphatic rings. The first-order valence-electron chi connectivity index (χ1n) is 5.46. The maximum absolute atomic E-state index is 11.1. The van der Waals surface area contributed by atoms with Crippen LogP contribution in [-0.4, -0.2) is 16.1 Å². The zero-order valence-corrected chi connectivity index (χ0v) is 10.8. The van der Waals surface area contributed by atoms with Crippen LogP contribution in [0, 0.1) is 13.8 Å². The van der Waals surface area contributed by atoms with Crippen LogP contribution in [0.1, 0.15) is 21.7 Å². The smallest absolute Gasteiger partial charge is 0.337 e. The van der Waals surface area contributed by atoms with Crippen LogP contribution < -0.4 is 0 Å². The molecular formula is C14H12ClNO2. The first-order chi connectivity index (χ1) is 8.49. The van der Waals surface area contributed by atoms with Gasteiger partial charge in [-0.1, -0.05) is 23.7 Å². The molecule has 1 aromatic heterocycles. The van der Waals surface area contributed by atoms with Gasteiger partial charge in [0.25, 0.3) is 0 Å². The van der Waals surface area contributed by atoms with E-state index in [1.807, 2.05) is 19.1 Å². The van der Waals surface area contributed by atoms with Gasteiger partial charge in [-0.2, -0.15) is 0 Å². The maximum Gasteiger partial charge on any atom is 0.337 e. The summed E-state index contributed by atoms with van der Waals surface area (Å²) in [6.07, 6.45) is 0. The fraction of sp³-hybridized carbons (Fsp3) is 0.143. The lowest BCUT2D eigenvalue weighted by Gasteiger charge is -2.09. The Kier molecular flexibility index (Phi) is 3.34. The zero-order chi connectivity index (χ0) is 13.3. The summed E-state index contributed by atoms with van der Waals surface area (Å²) in [6, 6.07) is 8.91. The van der Waals surface area contributed by atoms with Crippen molar-refractivity contribution in [1.29, 1.82) is 0 Å². The number of carboxylic acids is 1. The highest BCUT2D eigenvalue weighted by atomic mass is 35.5. The quantitative estimate of drug-likeness (QED) is 0.896. The van der Waals surface area contributed by atoms with Gasteiger partial charge in [0, 0.05) is 16.3 Å². The topological polar surface area (TPSA) is 50.2 Å². The molecule has 18 heavy (non-hydrogen) atoms. The lowest BCUT2D eigenvalue weighted by molar-refractivity contribution is 0.0695. The molecule has 0 radical (unpaired) electrons. The van der Waals surface area contributed by atoms with Crippen molar-refractivity contribution in [3.8, 4) is 11.1 Å². The van der Waals surface area contributed by atoms with Gasteiger partial charge in [0.05, 0.1) is 11.3 Å². The fourth-order valence-electron chi connectivity index (χ4n) is 1.86. The number of halogens is 1. The summed E-state index contributed by atoms with van der Waals surface area (Å²) >= 11 is 5.84. The molecular weight excluding hydrogens is 250 g/mol. The molecule has 0 saturated heterocycles. The van der Waals surface area contributed by atoms with Crippen molar-refractivity contribution in [2.75, 3.05) is 0 Å². The number of nitrogens with zero attached hydrogens (tertiary/aromatic N) is 1. The van der Waals surface area contributed by atoms with Crippen LogP contribution in [0.5, 0.6) is 0 Å². The van der Waals surface area contributed by atoms with E-state index in [2.05, 4.69) is 4.98 Å². The van der Waals surface area contributed by atoms with Crippen LogP contribution in [0.15, 0.2) is 30.3 Å². The van der Waals surface area contributed by atoms with E-state index >= 15 is 0 Å². The zero-order valence-electron chi connectivity index (χ0n) is 10.1. The molecule has 0 bridgehead atoms. The number of pyridine rings is 1. The van der Waals surface area contributed by atoms with Crippen molar-refractivity contribution in [1.82, 2.24) is 4.98 Å². The van der Waals surface area contributed by atoms with Crippen molar-refractivity contribution < 1.29 is 9.90 Å². The van der Waals surface area contributed by atoms with Crippen molar-refractivity contribution in [3.05, 3.63) is 52.3 Å². The molecule has 2 rings (SSSR count). The second-order valence-corrected chi connectivity index (χ2v) is 4.50. The molecule has 1 N–H and O–H groups in total. The Morgan fingerprint density at radius 2 is 1.78 bits per heavy atom. The third kappa shape index (κ3) is 2.36. The Labute approximate surface area is 110 Å². The van der Waals surface area contributed by atoms with E-state index in [1.54, 1.807) is 25.1 Å². The number of hydrogen-bond donors (Lipinski definition) is 1. The van der Waals surface area contributed by atoms with Crippen molar-refractivity contribution in [2.45, 2.75) is 13.8 Å². The Balaban J connectivity index is 2.60. The molecule has 0 aliphatic heterocycles. The third-order valence-corrected chi connectivity index (χ3v) is 3.04. The van der Waals surface area contributed by atoms with E-state index in [4.69, 9.17) is 16.7 Å². The Morgan fingerprint density at radius 3 is 2.33 bits per heavy atom. The molecule has 2 aromatic rings. The third-order valence-electron chi connectivity index (χ3n) is 2.79. The number of carboxylic acid groups (broad SMARTS) is 1. The van der Waals surface area contributed by atoms with E-state index in [0.29, 0.717) is 10.7 Å². The predicted molar refractivity (Wildman–Crippen MR) is 71.1 cm³/mol. The van der Waals surface area contributed by atoms with E-state index in [1.165, 1.54) is 0 Å². The van der Waals surface area contributed by atoms with Gasteiger partial charge in [-0.15, -0.1) is 0 Å². The molecule has 0 amide bonds. The SMILES string of the molecule is Cc1nc(C)c(-c2ccc(Cl)cc2)cc1C(=O)O.